The highest BCUT2D eigenvalue weighted by atomic mass is 32.2. The van der Waals surface area contributed by atoms with Crippen LogP contribution in [0, 0.1) is 0 Å². The Morgan fingerprint density at radius 3 is 1.96 bits per heavy atom. The van der Waals surface area contributed by atoms with Gasteiger partial charge in [-0.05, 0) is 31.0 Å². The van der Waals surface area contributed by atoms with E-state index in [2.05, 4.69) is 4.74 Å². The van der Waals surface area contributed by atoms with E-state index in [-0.39, 0.29) is 21.9 Å². The summed E-state index contributed by atoms with van der Waals surface area (Å²) in [6.45, 7) is 5.04. The predicted octanol–water partition coefficient (Wildman–Crippen LogP) is 1.99. The Morgan fingerprint density at radius 2 is 1.52 bits per heavy atom. The fourth-order valence-corrected chi connectivity index (χ4v) is 3.33. The number of carbonyl (C=O) groups excluding carboxylic acids is 2. The minimum Gasteiger partial charge on any atom is -0.465 e. The van der Waals surface area contributed by atoms with Crippen LogP contribution in [0.15, 0.2) is 23.1 Å². The van der Waals surface area contributed by atoms with Crippen molar-refractivity contribution in [3.63, 3.8) is 0 Å². The van der Waals surface area contributed by atoms with Crippen LogP contribution >= 0.6 is 0 Å². The summed E-state index contributed by atoms with van der Waals surface area (Å²) in [7, 11) is 0.195. The molecule has 0 aliphatic carbocycles. The maximum absolute atomic E-state index is 12.8. The molecule has 0 unspecified atom stereocenters. The third kappa shape index (κ3) is 5.02. The maximum atomic E-state index is 12.8. The van der Waals surface area contributed by atoms with Crippen LogP contribution in [0.25, 0.3) is 0 Å². The molecule has 0 atom stereocenters. The van der Waals surface area contributed by atoms with Crippen LogP contribution in [0.3, 0.4) is 0 Å². The van der Waals surface area contributed by atoms with Gasteiger partial charge in [0.25, 0.3) is 5.91 Å². The Balaban J connectivity index is 3.49. The summed E-state index contributed by atoms with van der Waals surface area (Å²) in [5.74, 6) is -0.993. The summed E-state index contributed by atoms with van der Waals surface area (Å²) in [6, 6.07) is 3.91. The van der Waals surface area contributed by atoms with Crippen molar-refractivity contribution in [1.82, 2.24) is 9.21 Å². The molecule has 0 aliphatic heterocycles. The smallest absolute Gasteiger partial charge is 0.337 e. The Bertz CT molecular complexity index is 723. The lowest BCUT2D eigenvalue weighted by atomic mass is 10.1. The van der Waals surface area contributed by atoms with Crippen LogP contribution in [0.1, 0.15) is 47.4 Å². The molecule has 0 saturated carbocycles. The van der Waals surface area contributed by atoms with Crippen LogP contribution in [0.5, 0.6) is 0 Å². The maximum Gasteiger partial charge on any atom is 0.337 e. The quantitative estimate of drug-likeness (QED) is 0.654. The number of hydrogen-bond donors (Lipinski definition) is 0. The van der Waals surface area contributed by atoms with Crippen molar-refractivity contribution in [3.05, 3.63) is 29.3 Å². The van der Waals surface area contributed by atoms with Crippen molar-refractivity contribution in [2.75, 3.05) is 34.3 Å². The normalized spacial score (nSPS) is 11.4. The number of ether oxygens (including phenoxy) is 1. The topological polar surface area (TPSA) is 84.0 Å². The number of esters is 1. The molecule has 0 fully saturated rings. The molecule has 1 rings (SSSR count). The van der Waals surface area contributed by atoms with Gasteiger partial charge in [0.2, 0.25) is 10.0 Å². The highest BCUT2D eigenvalue weighted by Crippen LogP contribution is 2.20. The van der Waals surface area contributed by atoms with Crippen molar-refractivity contribution in [3.8, 4) is 0 Å². The van der Waals surface area contributed by atoms with Gasteiger partial charge in [0, 0.05) is 32.7 Å². The summed E-state index contributed by atoms with van der Waals surface area (Å²) in [4.78, 5) is 26.2. The first-order chi connectivity index (χ1) is 11.7. The van der Waals surface area contributed by atoms with Gasteiger partial charge in [0.1, 0.15) is 0 Å². The Kier molecular flexibility index (Phi) is 7.57. The minimum atomic E-state index is -3.79. The van der Waals surface area contributed by atoms with Crippen LogP contribution in [0.2, 0.25) is 0 Å². The highest BCUT2D eigenvalue weighted by molar-refractivity contribution is 7.89. The van der Waals surface area contributed by atoms with Crippen LogP contribution < -0.4 is 0 Å². The molecule has 1 amide bonds. The molecular weight excluding hydrogens is 344 g/mol. The highest BCUT2D eigenvalue weighted by Gasteiger charge is 2.24. The number of carbonyl (C=O) groups is 2. The number of sulfonamides is 1. The van der Waals surface area contributed by atoms with Crippen molar-refractivity contribution in [2.24, 2.45) is 0 Å². The zero-order valence-corrected chi connectivity index (χ0v) is 16.2. The molecule has 0 saturated heterocycles. The van der Waals surface area contributed by atoms with Gasteiger partial charge in [0.15, 0.2) is 0 Å². The third-order valence-electron chi connectivity index (χ3n) is 3.63. The number of benzene rings is 1. The van der Waals surface area contributed by atoms with Gasteiger partial charge in [-0.2, -0.15) is 0 Å². The van der Waals surface area contributed by atoms with E-state index in [1.807, 2.05) is 13.8 Å². The number of amides is 1. The van der Waals surface area contributed by atoms with Crippen molar-refractivity contribution in [2.45, 2.75) is 31.6 Å². The Hall–Kier alpha value is -1.93. The van der Waals surface area contributed by atoms with E-state index in [0.29, 0.717) is 13.1 Å². The van der Waals surface area contributed by atoms with Gasteiger partial charge in [-0.15, -0.1) is 0 Å². The summed E-state index contributed by atoms with van der Waals surface area (Å²) in [6.07, 6.45) is 1.57. The second-order valence-corrected chi connectivity index (χ2v) is 7.97. The molecular formula is C17H26N2O5S. The number of rotatable bonds is 8. The molecule has 0 aliphatic rings. The fraction of sp³-hybridized carbons (Fsp3) is 0.529. The summed E-state index contributed by atoms with van der Waals surface area (Å²) in [5.41, 5.74) is 0.187. The molecule has 0 bridgehead atoms. The summed E-state index contributed by atoms with van der Waals surface area (Å²) in [5, 5.41) is 0. The number of methoxy groups -OCH3 is 1. The first-order valence-electron chi connectivity index (χ1n) is 8.14. The first kappa shape index (κ1) is 21.1. The van der Waals surface area contributed by atoms with E-state index in [1.54, 1.807) is 4.90 Å². The first-order valence-corrected chi connectivity index (χ1v) is 9.58. The SMILES string of the molecule is CCCN(CCC)C(=O)c1cc(C(=O)OC)cc(S(=O)(=O)N(C)C)c1. The molecule has 0 heterocycles. The van der Waals surface area contributed by atoms with E-state index in [0.717, 1.165) is 17.1 Å². The molecule has 0 spiro atoms. The van der Waals surface area contributed by atoms with Gasteiger partial charge >= 0.3 is 5.97 Å². The second-order valence-electron chi connectivity index (χ2n) is 5.82. The minimum absolute atomic E-state index is 0.0294. The number of hydrogen-bond acceptors (Lipinski definition) is 5. The lowest BCUT2D eigenvalue weighted by molar-refractivity contribution is 0.0600. The van der Waals surface area contributed by atoms with Crippen LogP contribution in [0.4, 0.5) is 0 Å². The third-order valence-corrected chi connectivity index (χ3v) is 5.42. The van der Waals surface area contributed by atoms with Crippen molar-refractivity contribution in [1.29, 1.82) is 0 Å². The molecule has 25 heavy (non-hydrogen) atoms. The molecule has 7 nitrogen and oxygen atoms in total. The monoisotopic (exact) mass is 370 g/mol. The van der Waals surface area contributed by atoms with E-state index < -0.39 is 16.0 Å². The molecule has 0 radical (unpaired) electrons. The van der Waals surface area contributed by atoms with Gasteiger partial charge in [-0.25, -0.2) is 17.5 Å². The van der Waals surface area contributed by atoms with Crippen molar-refractivity contribution < 1.29 is 22.7 Å². The number of nitrogens with zero attached hydrogens (tertiary/aromatic N) is 2. The Labute approximate surface area is 149 Å². The largest absolute Gasteiger partial charge is 0.465 e. The standard InChI is InChI=1S/C17H26N2O5S/c1-6-8-19(9-7-2)16(20)13-10-14(17(21)24-5)12-15(11-13)25(22,23)18(3)4/h10-12H,6-9H2,1-5H3. The zero-order valence-electron chi connectivity index (χ0n) is 15.4. The van der Waals surface area contributed by atoms with Gasteiger partial charge in [0.05, 0.1) is 17.6 Å². The second kappa shape index (κ2) is 8.96. The molecule has 0 aromatic heterocycles. The molecule has 140 valence electrons. The molecule has 8 heteroatoms. The Morgan fingerprint density at radius 1 is 1.00 bits per heavy atom. The van der Waals surface area contributed by atoms with Gasteiger partial charge in [-0.3, -0.25) is 4.79 Å². The summed E-state index contributed by atoms with van der Waals surface area (Å²) >= 11 is 0. The summed E-state index contributed by atoms with van der Waals surface area (Å²) < 4.78 is 30.6. The van der Waals surface area contributed by atoms with E-state index in [4.69, 9.17) is 0 Å². The van der Waals surface area contributed by atoms with Gasteiger partial charge < -0.3 is 9.64 Å². The lowest BCUT2D eigenvalue weighted by Gasteiger charge is -2.22. The molecule has 0 N–H and O–H groups in total. The predicted molar refractivity (Wildman–Crippen MR) is 95.1 cm³/mol. The molecule has 1 aromatic carbocycles. The molecule has 1 aromatic rings. The van der Waals surface area contributed by atoms with E-state index in [1.165, 1.54) is 39.4 Å². The van der Waals surface area contributed by atoms with E-state index in [9.17, 15) is 18.0 Å². The van der Waals surface area contributed by atoms with Crippen LogP contribution in [-0.2, 0) is 14.8 Å². The van der Waals surface area contributed by atoms with Gasteiger partial charge in [-0.1, -0.05) is 13.8 Å². The zero-order chi connectivity index (χ0) is 19.2. The van der Waals surface area contributed by atoms with E-state index >= 15 is 0 Å². The lowest BCUT2D eigenvalue weighted by Crippen LogP contribution is -2.33. The van der Waals surface area contributed by atoms with Crippen LogP contribution in [-0.4, -0.2) is 63.8 Å². The average Bonchev–Trinajstić information content (AvgIpc) is 2.59. The fourth-order valence-electron chi connectivity index (χ4n) is 2.36. The van der Waals surface area contributed by atoms with Crippen molar-refractivity contribution >= 4 is 21.9 Å². The average molecular weight is 370 g/mol.